The summed E-state index contributed by atoms with van der Waals surface area (Å²) in [5.74, 6) is 0.943. The van der Waals surface area contributed by atoms with Crippen LogP contribution in [0.5, 0.6) is 5.75 Å². The number of nitrogens with zero attached hydrogens (tertiary/aromatic N) is 1. The number of likely N-dealkylation sites (N-methyl/N-ethyl adjacent to an activating group) is 1. The molecule has 0 bridgehead atoms. The maximum Gasteiger partial charge on any atom is 0.119 e. The Morgan fingerprint density at radius 3 is 2.43 bits per heavy atom. The van der Waals surface area contributed by atoms with Gasteiger partial charge in [0.15, 0.2) is 0 Å². The Morgan fingerprint density at radius 2 is 1.81 bits per heavy atom. The summed E-state index contributed by atoms with van der Waals surface area (Å²) in [7, 11) is 4.11. The molecule has 1 N–H and O–H groups in total. The van der Waals surface area contributed by atoms with Crippen molar-refractivity contribution in [2.75, 3.05) is 32.6 Å². The van der Waals surface area contributed by atoms with Gasteiger partial charge in [-0.2, -0.15) is 0 Å². The van der Waals surface area contributed by atoms with E-state index in [9.17, 15) is 0 Å². The van der Waals surface area contributed by atoms with E-state index < -0.39 is 0 Å². The third-order valence-corrected chi connectivity index (χ3v) is 3.57. The molecule has 0 radical (unpaired) electrons. The molecule has 1 unspecified atom stereocenters. The molecule has 0 spiro atoms. The predicted molar refractivity (Wildman–Crippen MR) is 92.3 cm³/mol. The maximum atomic E-state index is 5.70. The quantitative estimate of drug-likeness (QED) is 0.612. The smallest absolute Gasteiger partial charge is 0.119 e. The molecule has 0 aliphatic heterocycles. The second-order valence-corrected chi connectivity index (χ2v) is 6.07. The van der Waals surface area contributed by atoms with Crippen molar-refractivity contribution in [3.05, 3.63) is 24.3 Å². The zero-order valence-corrected chi connectivity index (χ0v) is 14.2. The van der Waals surface area contributed by atoms with E-state index in [-0.39, 0.29) is 0 Å². The summed E-state index contributed by atoms with van der Waals surface area (Å²) < 4.78 is 5.70. The number of anilines is 1. The fourth-order valence-electron chi connectivity index (χ4n) is 2.23. The number of rotatable bonds is 11. The van der Waals surface area contributed by atoms with Crippen LogP contribution in [-0.4, -0.2) is 38.2 Å². The molecule has 0 fully saturated rings. The highest BCUT2D eigenvalue weighted by molar-refractivity contribution is 5.46. The van der Waals surface area contributed by atoms with Crippen molar-refractivity contribution in [3.8, 4) is 5.75 Å². The molecule has 0 aromatic heterocycles. The largest absolute Gasteiger partial charge is 0.492 e. The number of unbranched alkanes of at least 4 members (excludes halogenated alkanes) is 3. The van der Waals surface area contributed by atoms with Crippen molar-refractivity contribution < 1.29 is 4.74 Å². The molecule has 1 aromatic rings. The van der Waals surface area contributed by atoms with Crippen LogP contribution in [0, 0.1) is 0 Å². The number of hydrogen-bond donors (Lipinski definition) is 1. The fraction of sp³-hybridized carbons (Fsp3) is 0.667. The number of hydrogen-bond acceptors (Lipinski definition) is 3. The highest BCUT2D eigenvalue weighted by atomic mass is 16.5. The van der Waals surface area contributed by atoms with Crippen LogP contribution >= 0.6 is 0 Å². The highest BCUT2D eigenvalue weighted by Gasteiger charge is 2.02. The summed E-state index contributed by atoms with van der Waals surface area (Å²) in [6.07, 6.45) is 6.55. The topological polar surface area (TPSA) is 24.5 Å². The first-order chi connectivity index (χ1) is 10.1. The molecule has 0 saturated heterocycles. The van der Waals surface area contributed by atoms with Gasteiger partial charge in [-0.15, -0.1) is 0 Å². The summed E-state index contributed by atoms with van der Waals surface area (Å²) >= 11 is 0. The second-order valence-electron chi connectivity index (χ2n) is 6.07. The lowest BCUT2D eigenvalue weighted by Gasteiger charge is -2.16. The van der Waals surface area contributed by atoms with Crippen molar-refractivity contribution in [2.24, 2.45) is 0 Å². The first-order valence-electron chi connectivity index (χ1n) is 8.26. The minimum atomic E-state index is 0.530. The Hall–Kier alpha value is -1.22. The lowest BCUT2D eigenvalue weighted by Crippen LogP contribution is -2.19. The van der Waals surface area contributed by atoms with Crippen molar-refractivity contribution in [3.63, 3.8) is 0 Å². The summed E-state index contributed by atoms with van der Waals surface area (Å²) in [6.45, 7) is 6.18. The third-order valence-electron chi connectivity index (χ3n) is 3.57. The highest BCUT2D eigenvalue weighted by Crippen LogP contribution is 2.17. The van der Waals surface area contributed by atoms with E-state index in [0.29, 0.717) is 6.04 Å². The molecule has 0 amide bonds. The molecule has 0 saturated carbocycles. The fourth-order valence-corrected chi connectivity index (χ4v) is 2.23. The third kappa shape index (κ3) is 8.61. The average Bonchev–Trinajstić information content (AvgIpc) is 2.45. The van der Waals surface area contributed by atoms with Crippen molar-refractivity contribution in [2.45, 2.75) is 52.0 Å². The van der Waals surface area contributed by atoms with Crippen LogP contribution in [-0.2, 0) is 0 Å². The van der Waals surface area contributed by atoms with Crippen molar-refractivity contribution >= 4 is 5.69 Å². The van der Waals surface area contributed by atoms with E-state index in [4.69, 9.17) is 4.74 Å². The van der Waals surface area contributed by atoms with Gasteiger partial charge in [-0.05, 0) is 51.7 Å². The summed E-state index contributed by atoms with van der Waals surface area (Å²) in [4.78, 5) is 2.12. The number of ether oxygens (including phenoxy) is 1. The van der Waals surface area contributed by atoms with Crippen LogP contribution in [0.25, 0.3) is 0 Å². The van der Waals surface area contributed by atoms with Crippen LogP contribution in [0.2, 0.25) is 0 Å². The Bertz CT molecular complexity index is 362. The van der Waals surface area contributed by atoms with Gasteiger partial charge in [-0.25, -0.2) is 0 Å². The van der Waals surface area contributed by atoms with E-state index in [1.54, 1.807) is 0 Å². The van der Waals surface area contributed by atoms with Crippen LogP contribution in [0.15, 0.2) is 24.3 Å². The molecule has 3 heteroatoms. The van der Waals surface area contributed by atoms with Crippen LogP contribution < -0.4 is 10.1 Å². The van der Waals surface area contributed by atoms with Gasteiger partial charge in [-0.3, -0.25) is 0 Å². The van der Waals surface area contributed by atoms with Gasteiger partial charge in [-0.1, -0.05) is 32.6 Å². The molecular weight excluding hydrogens is 260 g/mol. The number of nitrogens with one attached hydrogen (secondary N) is 1. The van der Waals surface area contributed by atoms with Gasteiger partial charge < -0.3 is 15.0 Å². The molecular formula is C18H32N2O. The SMILES string of the molecule is CCCCCCC(C)Nc1ccc(OCCN(C)C)cc1. The second kappa shape index (κ2) is 10.5. The zero-order chi connectivity index (χ0) is 15.5. The van der Waals surface area contributed by atoms with Crippen molar-refractivity contribution in [1.29, 1.82) is 0 Å². The zero-order valence-electron chi connectivity index (χ0n) is 14.2. The van der Waals surface area contributed by atoms with E-state index in [0.717, 1.165) is 18.9 Å². The van der Waals surface area contributed by atoms with E-state index in [1.165, 1.54) is 37.8 Å². The minimum Gasteiger partial charge on any atom is -0.492 e. The Kier molecular flexibility index (Phi) is 8.91. The van der Waals surface area contributed by atoms with Gasteiger partial charge in [0, 0.05) is 18.3 Å². The van der Waals surface area contributed by atoms with Crippen LogP contribution in [0.1, 0.15) is 46.0 Å². The monoisotopic (exact) mass is 292 g/mol. The average molecular weight is 292 g/mol. The van der Waals surface area contributed by atoms with E-state index in [1.807, 2.05) is 12.1 Å². The van der Waals surface area contributed by atoms with Crippen molar-refractivity contribution in [1.82, 2.24) is 4.90 Å². The standard InChI is InChI=1S/C18H32N2O/c1-5-6-7-8-9-16(2)19-17-10-12-18(13-11-17)21-15-14-20(3)4/h10-13,16,19H,5-9,14-15H2,1-4H3. The molecule has 0 aliphatic carbocycles. The van der Waals surface area contributed by atoms with E-state index in [2.05, 4.69) is 50.3 Å². The Labute approximate surface area is 130 Å². The molecule has 1 atom stereocenters. The van der Waals surface area contributed by atoms with Gasteiger partial charge >= 0.3 is 0 Å². The lowest BCUT2D eigenvalue weighted by molar-refractivity contribution is 0.261. The summed E-state index contributed by atoms with van der Waals surface area (Å²) in [5, 5.41) is 3.56. The Morgan fingerprint density at radius 1 is 1.10 bits per heavy atom. The predicted octanol–water partition coefficient (Wildman–Crippen LogP) is 4.40. The van der Waals surface area contributed by atoms with E-state index >= 15 is 0 Å². The molecule has 1 rings (SSSR count). The van der Waals surface area contributed by atoms with Gasteiger partial charge in [0.05, 0.1) is 0 Å². The van der Waals surface area contributed by atoms with Crippen LogP contribution in [0.3, 0.4) is 0 Å². The Balaban J connectivity index is 2.26. The molecule has 1 aromatic carbocycles. The molecule has 120 valence electrons. The van der Waals surface area contributed by atoms with Gasteiger partial charge in [0.25, 0.3) is 0 Å². The molecule has 0 heterocycles. The first kappa shape index (κ1) is 17.8. The van der Waals surface area contributed by atoms with Crippen LogP contribution in [0.4, 0.5) is 5.69 Å². The minimum absolute atomic E-state index is 0.530. The summed E-state index contributed by atoms with van der Waals surface area (Å²) in [5.41, 5.74) is 1.18. The lowest BCUT2D eigenvalue weighted by atomic mass is 10.1. The normalized spacial score (nSPS) is 12.4. The molecule has 21 heavy (non-hydrogen) atoms. The summed E-state index contributed by atoms with van der Waals surface area (Å²) in [6, 6.07) is 8.83. The molecule has 3 nitrogen and oxygen atoms in total. The first-order valence-corrected chi connectivity index (χ1v) is 8.26. The maximum absolute atomic E-state index is 5.70. The number of benzene rings is 1. The molecule has 0 aliphatic rings. The van der Waals surface area contributed by atoms with Gasteiger partial charge in [0.2, 0.25) is 0 Å². The van der Waals surface area contributed by atoms with Gasteiger partial charge in [0.1, 0.15) is 12.4 Å².